The summed E-state index contributed by atoms with van der Waals surface area (Å²) in [7, 11) is -3.47. The number of carbonyl (C=O) groups is 1. The second kappa shape index (κ2) is 8.22. The molecule has 3 aromatic rings. The van der Waals surface area contributed by atoms with Gasteiger partial charge in [-0.3, -0.25) is 4.79 Å². The van der Waals surface area contributed by atoms with Crippen LogP contribution in [0.1, 0.15) is 37.7 Å². The van der Waals surface area contributed by atoms with Gasteiger partial charge in [0.2, 0.25) is 15.9 Å². The van der Waals surface area contributed by atoms with E-state index in [1.54, 1.807) is 18.2 Å². The lowest BCUT2D eigenvalue weighted by atomic mass is 9.96. The summed E-state index contributed by atoms with van der Waals surface area (Å²) >= 11 is 1.30. The van der Waals surface area contributed by atoms with E-state index >= 15 is 0 Å². The molecule has 1 amide bonds. The van der Waals surface area contributed by atoms with Gasteiger partial charge in [0.05, 0.1) is 21.0 Å². The maximum absolute atomic E-state index is 12.8. The maximum atomic E-state index is 12.8. The Morgan fingerprint density at radius 2 is 1.90 bits per heavy atom. The molecule has 2 heterocycles. The zero-order valence-corrected chi connectivity index (χ0v) is 17.8. The van der Waals surface area contributed by atoms with Crippen LogP contribution in [0.25, 0.3) is 10.2 Å². The predicted molar refractivity (Wildman–Crippen MR) is 116 cm³/mol. The van der Waals surface area contributed by atoms with Crippen molar-refractivity contribution in [3.63, 3.8) is 0 Å². The number of nitrogens with one attached hydrogen (secondary N) is 1. The molecule has 1 aromatic heterocycles. The lowest BCUT2D eigenvalue weighted by molar-refractivity contribution is -0.117. The molecule has 0 spiro atoms. The predicted octanol–water partition coefficient (Wildman–Crippen LogP) is 4.21. The minimum Gasteiger partial charge on any atom is -0.301 e. The van der Waals surface area contributed by atoms with E-state index in [1.165, 1.54) is 15.6 Å². The molecule has 0 saturated carbocycles. The molecule has 1 saturated heterocycles. The van der Waals surface area contributed by atoms with Crippen LogP contribution in [0.15, 0.2) is 53.4 Å². The lowest BCUT2D eigenvalue weighted by Crippen LogP contribution is -2.27. The molecule has 1 aliphatic rings. The summed E-state index contributed by atoms with van der Waals surface area (Å²) in [6.07, 6.45) is 2.48. The number of nitrogens with zero attached hydrogens (tertiary/aromatic N) is 2. The van der Waals surface area contributed by atoms with Crippen LogP contribution in [-0.2, 0) is 14.8 Å². The number of hydrogen-bond acceptors (Lipinski definition) is 5. The standard InChI is InChI=1S/C21H23N3O3S2/c1-2-17(15-8-4-3-5-9-15)20(25)23-21-22-18-11-10-16(14-19(18)28-21)29(26,27)24-12-6-7-13-24/h3-5,8-11,14,17H,2,6-7,12-13H2,1H3,(H,22,23,25)/t17-/m0/s1. The van der Waals surface area contributed by atoms with Gasteiger partial charge in [0.25, 0.3) is 0 Å². The van der Waals surface area contributed by atoms with Gasteiger partial charge in [0, 0.05) is 13.1 Å². The van der Waals surface area contributed by atoms with Crippen LogP contribution in [0.5, 0.6) is 0 Å². The smallest absolute Gasteiger partial charge is 0.243 e. The third-order valence-electron chi connectivity index (χ3n) is 5.22. The van der Waals surface area contributed by atoms with Crippen molar-refractivity contribution in [2.75, 3.05) is 18.4 Å². The quantitative estimate of drug-likeness (QED) is 0.636. The van der Waals surface area contributed by atoms with Crippen LogP contribution in [0.2, 0.25) is 0 Å². The lowest BCUT2D eigenvalue weighted by Gasteiger charge is -2.15. The van der Waals surface area contributed by atoms with Gasteiger partial charge in [-0.1, -0.05) is 48.6 Å². The number of aromatic nitrogens is 1. The van der Waals surface area contributed by atoms with Crippen molar-refractivity contribution in [3.8, 4) is 0 Å². The van der Waals surface area contributed by atoms with Gasteiger partial charge in [0.15, 0.2) is 5.13 Å². The molecular formula is C21H23N3O3S2. The number of hydrogen-bond donors (Lipinski definition) is 1. The van der Waals surface area contributed by atoms with Crippen molar-refractivity contribution >= 4 is 42.6 Å². The van der Waals surface area contributed by atoms with E-state index in [1.807, 2.05) is 37.3 Å². The second-order valence-corrected chi connectivity index (χ2v) is 10.1. The summed E-state index contributed by atoms with van der Waals surface area (Å²) in [6.45, 7) is 3.12. The molecule has 4 rings (SSSR count). The fraction of sp³-hybridized carbons (Fsp3) is 0.333. The number of sulfonamides is 1. The number of carbonyl (C=O) groups excluding carboxylic acids is 1. The van der Waals surface area contributed by atoms with Gasteiger partial charge in [0.1, 0.15) is 0 Å². The molecule has 2 aromatic carbocycles. The summed E-state index contributed by atoms with van der Waals surface area (Å²) in [5.41, 5.74) is 1.64. The van der Waals surface area contributed by atoms with Gasteiger partial charge < -0.3 is 5.32 Å². The van der Waals surface area contributed by atoms with Crippen LogP contribution >= 0.6 is 11.3 Å². The first-order valence-electron chi connectivity index (χ1n) is 9.75. The van der Waals surface area contributed by atoms with Gasteiger partial charge >= 0.3 is 0 Å². The maximum Gasteiger partial charge on any atom is 0.243 e. The first-order chi connectivity index (χ1) is 14.0. The Hall–Kier alpha value is -2.29. The zero-order chi connectivity index (χ0) is 20.4. The Morgan fingerprint density at radius 1 is 1.17 bits per heavy atom. The van der Waals surface area contributed by atoms with Crippen LogP contribution in [-0.4, -0.2) is 36.7 Å². The number of amides is 1. The normalized spacial score (nSPS) is 16.2. The van der Waals surface area contributed by atoms with Crippen LogP contribution in [0.4, 0.5) is 5.13 Å². The molecule has 6 nitrogen and oxygen atoms in total. The van der Waals surface area contributed by atoms with Crippen LogP contribution in [0, 0.1) is 0 Å². The van der Waals surface area contributed by atoms with E-state index in [-0.39, 0.29) is 16.7 Å². The molecule has 8 heteroatoms. The third-order valence-corrected chi connectivity index (χ3v) is 8.05. The second-order valence-electron chi connectivity index (χ2n) is 7.12. The first-order valence-corrected chi connectivity index (χ1v) is 12.0. The van der Waals surface area contributed by atoms with E-state index < -0.39 is 10.0 Å². The summed E-state index contributed by atoms with van der Waals surface area (Å²) in [5, 5.41) is 3.38. The highest BCUT2D eigenvalue weighted by atomic mass is 32.2. The summed E-state index contributed by atoms with van der Waals surface area (Å²) in [4.78, 5) is 17.5. The SMILES string of the molecule is CC[C@H](C(=O)Nc1nc2ccc(S(=O)(=O)N3CCCC3)cc2s1)c1ccccc1. The van der Waals surface area contributed by atoms with Crippen LogP contribution < -0.4 is 5.32 Å². The Labute approximate surface area is 174 Å². The van der Waals surface area contributed by atoms with E-state index in [4.69, 9.17) is 0 Å². The first kappa shape index (κ1) is 20.0. The van der Waals surface area contributed by atoms with E-state index in [9.17, 15) is 13.2 Å². The fourth-order valence-electron chi connectivity index (χ4n) is 3.65. The fourth-order valence-corrected chi connectivity index (χ4v) is 6.17. The summed E-state index contributed by atoms with van der Waals surface area (Å²) in [6, 6.07) is 14.6. The van der Waals surface area contributed by atoms with E-state index in [0.717, 1.165) is 23.1 Å². The van der Waals surface area contributed by atoms with Gasteiger partial charge in [-0.05, 0) is 43.0 Å². The van der Waals surface area contributed by atoms with Crippen molar-refractivity contribution < 1.29 is 13.2 Å². The molecule has 29 heavy (non-hydrogen) atoms. The molecular weight excluding hydrogens is 406 g/mol. The van der Waals surface area contributed by atoms with Crippen molar-refractivity contribution in [1.29, 1.82) is 0 Å². The van der Waals surface area contributed by atoms with E-state index in [0.29, 0.717) is 30.2 Å². The number of fused-ring (bicyclic) bond motifs is 1. The molecule has 152 valence electrons. The average molecular weight is 430 g/mol. The average Bonchev–Trinajstić information content (AvgIpc) is 3.38. The highest BCUT2D eigenvalue weighted by molar-refractivity contribution is 7.89. The number of anilines is 1. The summed E-state index contributed by atoms with van der Waals surface area (Å²) < 4.78 is 27.9. The number of benzene rings is 2. The Balaban J connectivity index is 1.57. The van der Waals surface area contributed by atoms with Gasteiger partial charge in [-0.25, -0.2) is 13.4 Å². The highest BCUT2D eigenvalue weighted by Gasteiger charge is 2.27. The van der Waals surface area contributed by atoms with Gasteiger partial charge in [-0.15, -0.1) is 0 Å². The zero-order valence-electron chi connectivity index (χ0n) is 16.2. The number of rotatable bonds is 6. The van der Waals surface area contributed by atoms with E-state index in [2.05, 4.69) is 10.3 Å². The minimum absolute atomic E-state index is 0.109. The van der Waals surface area contributed by atoms with Crippen molar-refractivity contribution in [1.82, 2.24) is 9.29 Å². The van der Waals surface area contributed by atoms with Crippen molar-refractivity contribution in [2.45, 2.75) is 37.0 Å². The molecule has 0 unspecified atom stereocenters. The highest BCUT2D eigenvalue weighted by Crippen LogP contribution is 2.31. The molecule has 0 radical (unpaired) electrons. The molecule has 1 N–H and O–H groups in total. The monoisotopic (exact) mass is 429 g/mol. The third kappa shape index (κ3) is 4.05. The molecule has 0 bridgehead atoms. The van der Waals surface area contributed by atoms with Crippen molar-refractivity contribution in [3.05, 3.63) is 54.1 Å². The number of thiazole rings is 1. The molecule has 1 atom stereocenters. The van der Waals surface area contributed by atoms with Crippen LogP contribution in [0.3, 0.4) is 0 Å². The van der Waals surface area contributed by atoms with Crippen molar-refractivity contribution in [2.24, 2.45) is 0 Å². The Kier molecular flexibility index (Phi) is 5.67. The van der Waals surface area contributed by atoms with Gasteiger partial charge in [-0.2, -0.15) is 4.31 Å². The molecule has 1 fully saturated rings. The Morgan fingerprint density at radius 3 is 2.59 bits per heavy atom. The molecule has 0 aliphatic carbocycles. The topological polar surface area (TPSA) is 79.4 Å². The largest absolute Gasteiger partial charge is 0.301 e. The Bertz CT molecular complexity index is 1120. The minimum atomic E-state index is -3.47. The summed E-state index contributed by atoms with van der Waals surface area (Å²) in [5.74, 6) is -0.364. The molecule has 1 aliphatic heterocycles.